The first-order valence-corrected chi connectivity index (χ1v) is 6.16. The zero-order valence-corrected chi connectivity index (χ0v) is 11.7. The van der Waals surface area contributed by atoms with E-state index in [2.05, 4.69) is 6.58 Å². The highest BCUT2D eigenvalue weighted by molar-refractivity contribution is 5.81. The van der Waals surface area contributed by atoms with Crippen molar-refractivity contribution in [2.75, 3.05) is 14.2 Å². The second-order valence-electron chi connectivity index (χ2n) is 5.12. The van der Waals surface area contributed by atoms with E-state index in [1.807, 2.05) is 0 Å². The Morgan fingerprint density at radius 2 is 2.00 bits per heavy atom. The van der Waals surface area contributed by atoms with Crippen LogP contribution in [0.3, 0.4) is 0 Å². The van der Waals surface area contributed by atoms with Crippen LogP contribution in [0.25, 0.3) is 0 Å². The third kappa shape index (κ3) is 2.18. The minimum atomic E-state index is -1.27. The molecule has 6 nitrogen and oxygen atoms in total. The van der Waals surface area contributed by atoms with Crippen LogP contribution in [0.5, 0.6) is 0 Å². The summed E-state index contributed by atoms with van der Waals surface area (Å²) in [5, 5.41) is 0. The molecule has 0 amide bonds. The summed E-state index contributed by atoms with van der Waals surface area (Å²) < 4.78 is 27.4. The summed E-state index contributed by atoms with van der Waals surface area (Å²) in [6.45, 7) is 7.23. The van der Waals surface area contributed by atoms with Gasteiger partial charge in [-0.05, 0) is 13.8 Å². The molecule has 2 saturated heterocycles. The van der Waals surface area contributed by atoms with Crippen LogP contribution in [0.1, 0.15) is 20.3 Å². The van der Waals surface area contributed by atoms with E-state index in [0.29, 0.717) is 0 Å². The van der Waals surface area contributed by atoms with Crippen LogP contribution in [0, 0.1) is 0 Å². The fourth-order valence-electron chi connectivity index (χ4n) is 2.67. The maximum atomic E-state index is 12.2. The fraction of sp³-hybridized carbons (Fsp3) is 0.769. The van der Waals surface area contributed by atoms with Crippen molar-refractivity contribution in [3.05, 3.63) is 12.7 Å². The molecule has 2 fully saturated rings. The van der Waals surface area contributed by atoms with Crippen molar-refractivity contribution in [2.24, 2.45) is 0 Å². The van der Waals surface area contributed by atoms with Crippen LogP contribution in [0.15, 0.2) is 12.7 Å². The summed E-state index contributed by atoms with van der Waals surface area (Å²) in [6.07, 6.45) is 0.128. The van der Waals surface area contributed by atoms with Gasteiger partial charge in [-0.25, -0.2) is 4.79 Å². The van der Waals surface area contributed by atoms with E-state index in [1.165, 1.54) is 14.2 Å². The quantitative estimate of drug-likeness (QED) is 0.562. The SMILES string of the molecule is C=CC[C@]1(C(=O)OC)O[C@@H](OC)[C@@H]2OC(C)(C)O[C@@H]21. The molecule has 0 aromatic carbocycles. The number of hydrogen-bond acceptors (Lipinski definition) is 6. The van der Waals surface area contributed by atoms with E-state index < -0.39 is 35.9 Å². The average Bonchev–Trinajstić information content (AvgIpc) is 2.82. The van der Waals surface area contributed by atoms with Gasteiger partial charge in [0.25, 0.3) is 0 Å². The molecule has 0 aromatic heterocycles. The van der Waals surface area contributed by atoms with Crippen LogP contribution < -0.4 is 0 Å². The van der Waals surface area contributed by atoms with Crippen molar-refractivity contribution in [1.82, 2.24) is 0 Å². The van der Waals surface area contributed by atoms with E-state index in [9.17, 15) is 4.79 Å². The van der Waals surface area contributed by atoms with Gasteiger partial charge in [-0.1, -0.05) is 6.08 Å². The van der Waals surface area contributed by atoms with Gasteiger partial charge in [-0.15, -0.1) is 6.58 Å². The number of methoxy groups -OCH3 is 2. The predicted octanol–water partition coefficient (Wildman–Crippen LogP) is 0.997. The molecule has 0 aromatic rings. The third-order valence-electron chi connectivity index (χ3n) is 3.39. The molecule has 0 bridgehead atoms. The smallest absolute Gasteiger partial charge is 0.341 e. The number of hydrogen-bond donors (Lipinski definition) is 0. The van der Waals surface area contributed by atoms with Crippen LogP contribution in [0.4, 0.5) is 0 Å². The fourth-order valence-corrected chi connectivity index (χ4v) is 2.67. The number of carbonyl (C=O) groups excluding carboxylic acids is 1. The summed E-state index contributed by atoms with van der Waals surface area (Å²) >= 11 is 0. The molecule has 0 aliphatic carbocycles. The summed E-state index contributed by atoms with van der Waals surface area (Å²) in [6, 6.07) is 0. The van der Waals surface area contributed by atoms with Crippen molar-refractivity contribution >= 4 is 5.97 Å². The van der Waals surface area contributed by atoms with Crippen LogP contribution in [-0.2, 0) is 28.5 Å². The molecule has 0 radical (unpaired) electrons. The Labute approximate surface area is 112 Å². The van der Waals surface area contributed by atoms with Crippen molar-refractivity contribution in [2.45, 2.75) is 50.2 Å². The van der Waals surface area contributed by atoms with Gasteiger partial charge in [-0.3, -0.25) is 0 Å². The minimum absolute atomic E-state index is 0.264. The lowest BCUT2D eigenvalue weighted by molar-refractivity contribution is -0.251. The monoisotopic (exact) mass is 272 g/mol. The Hall–Kier alpha value is -0.950. The highest BCUT2D eigenvalue weighted by Gasteiger charge is 2.66. The van der Waals surface area contributed by atoms with E-state index in [4.69, 9.17) is 23.7 Å². The molecule has 0 unspecified atom stereocenters. The minimum Gasteiger partial charge on any atom is -0.467 e. The Bertz CT molecular complexity index is 379. The van der Waals surface area contributed by atoms with Gasteiger partial charge >= 0.3 is 5.97 Å². The van der Waals surface area contributed by atoms with Gasteiger partial charge < -0.3 is 23.7 Å². The summed E-state index contributed by atoms with van der Waals surface area (Å²) in [5.74, 6) is -1.31. The number of fused-ring (bicyclic) bond motifs is 1. The number of esters is 1. The van der Waals surface area contributed by atoms with Gasteiger partial charge in [0.15, 0.2) is 12.1 Å². The van der Waals surface area contributed by atoms with Gasteiger partial charge in [0.1, 0.15) is 12.2 Å². The molecule has 0 N–H and O–H groups in total. The number of ether oxygens (including phenoxy) is 5. The molecule has 6 heteroatoms. The van der Waals surface area contributed by atoms with Gasteiger partial charge in [0.2, 0.25) is 5.60 Å². The Morgan fingerprint density at radius 3 is 2.53 bits per heavy atom. The largest absolute Gasteiger partial charge is 0.467 e. The highest BCUT2D eigenvalue weighted by Crippen LogP contribution is 2.46. The lowest BCUT2D eigenvalue weighted by atomic mass is 9.91. The second kappa shape index (κ2) is 4.86. The molecule has 0 saturated carbocycles. The third-order valence-corrected chi connectivity index (χ3v) is 3.39. The molecule has 2 aliphatic heterocycles. The normalized spacial score (nSPS) is 39.9. The van der Waals surface area contributed by atoms with E-state index in [-0.39, 0.29) is 6.42 Å². The molecule has 2 heterocycles. The van der Waals surface area contributed by atoms with Crippen LogP contribution in [0.2, 0.25) is 0 Å². The Balaban J connectivity index is 2.38. The molecular formula is C13H20O6. The lowest BCUT2D eigenvalue weighted by Crippen LogP contribution is -2.50. The zero-order valence-electron chi connectivity index (χ0n) is 11.7. The maximum absolute atomic E-state index is 12.2. The number of carbonyl (C=O) groups is 1. The summed E-state index contributed by atoms with van der Waals surface area (Å²) in [5.41, 5.74) is -1.27. The lowest BCUT2D eigenvalue weighted by Gasteiger charge is -2.31. The second-order valence-corrected chi connectivity index (χ2v) is 5.12. The topological polar surface area (TPSA) is 63.2 Å². The van der Waals surface area contributed by atoms with Gasteiger partial charge in [-0.2, -0.15) is 0 Å². The average molecular weight is 272 g/mol. The summed E-state index contributed by atoms with van der Waals surface area (Å²) in [4.78, 5) is 12.2. The molecular weight excluding hydrogens is 252 g/mol. The molecule has 2 aliphatic rings. The molecule has 108 valence electrons. The maximum Gasteiger partial charge on any atom is 0.341 e. The van der Waals surface area contributed by atoms with Crippen molar-refractivity contribution in [3.63, 3.8) is 0 Å². The number of rotatable bonds is 4. The van der Waals surface area contributed by atoms with Crippen molar-refractivity contribution < 1.29 is 28.5 Å². The highest BCUT2D eigenvalue weighted by atomic mass is 16.8. The molecule has 19 heavy (non-hydrogen) atoms. The molecule has 4 atom stereocenters. The molecule has 2 rings (SSSR count). The van der Waals surface area contributed by atoms with Crippen LogP contribution in [-0.4, -0.2) is 50.1 Å². The van der Waals surface area contributed by atoms with Crippen molar-refractivity contribution in [3.8, 4) is 0 Å². The van der Waals surface area contributed by atoms with E-state index >= 15 is 0 Å². The summed E-state index contributed by atoms with van der Waals surface area (Å²) in [7, 11) is 2.81. The zero-order chi connectivity index (χ0) is 14.3. The molecule has 0 spiro atoms. The Kier molecular flexibility index (Phi) is 3.70. The van der Waals surface area contributed by atoms with Crippen molar-refractivity contribution in [1.29, 1.82) is 0 Å². The first kappa shape index (κ1) is 14.5. The van der Waals surface area contributed by atoms with Crippen LogP contribution >= 0.6 is 0 Å². The van der Waals surface area contributed by atoms with E-state index in [0.717, 1.165) is 0 Å². The van der Waals surface area contributed by atoms with E-state index in [1.54, 1.807) is 19.9 Å². The van der Waals surface area contributed by atoms with Gasteiger partial charge in [0.05, 0.1) is 7.11 Å². The Morgan fingerprint density at radius 1 is 1.32 bits per heavy atom. The first-order chi connectivity index (χ1) is 8.90. The first-order valence-electron chi connectivity index (χ1n) is 6.16. The predicted molar refractivity (Wildman–Crippen MR) is 65.3 cm³/mol. The van der Waals surface area contributed by atoms with Gasteiger partial charge in [0, 0.05) is 13.5 Å². The standard InChI is InChI=1S/C13H20O6/c1-6-7-13(11(14)16-5)9-8(10(15-4)19-13)17-12(2,3)18-9/h6,8-10H,1,7H2,2-5H3/t8-,9+,10-,13+/m1/s1.